The minimum absolute atomic E-state index is 0.0668. The summed E-state index contributed by atoms with van der Waals surface area (Å²) in [5, 5.41) is 7.80. The molecule has 0 aliphatic heterocycles. The monoisotopic (exact) mass is 640 g/mol. The zero-order valence-corrected chi connectivity index (χ0v) is 26.3. The summed E-state index contributed by atoms with van der Waals surface area (Å²) in [4.78, 5) is 53.0. The van der Waals surface area contributed by atoms with Crippen LogP contribution in [0, 0.1) is 6.92 Å². The van der Waals surface area contributed by atoms with E-state index in [1.54, 1.807) is 72.8 Å². The number of amides is 4. The molecule has 0 radical (unpaired) electrons. The van der Waals surface area contributed by atoms with Gasteiger partial charge in [0.2, 0.25) is 5.91 Å². The van der Waals surface area contributed by atoms with Crippen LogP contribution in [0.2, 0.25) is 0 Å². The number of carbonyl (C=O) groups is 4. The van der Waals surface area contributed by atoms with E-state index in [1.165, 1.54) is 11.8 Å². The number of aryl methyl sites for hydroxylation is 1. The Kier molecular flexibility index (Phi) is 10.6. The number of anilines is 2. The van der Waals surface area contributed by atoms with Crippen LogP contribution in [-0.4, -0.2) is 23.6 Å². The lowest BCUT2D eigenvalue weighted by Gasteiger charge is -2.18. The molecule has 5 aromatic rings. The lowest BCUT2D eigenvalue weighted by molar-refractivity contribution is -0.116. The van der Waals surface area contributed by atoms with Crippen LogP contribution in [0.4, 0.5) is 11.4 Å². The highest BCUT2D eigenvalue weighted by Crippen LogP contribution is 2.37. The van der Waals surface area contributed by atoms with Crippen molar-refractivity contribution in [1.82, 2.24) is 5.32 Å². The molecule has 0 saturated carbocycles. The topological polar surface area (TPSA) is 130 Å². The highest BCUT2D eigenvalue weighted by molar-refractivity contribution is 8.00. The Balaban J connectivity index is 1.39. The molecule has 0 saturated heterocycles. The molecule has 0 aromatic heterocycles. The fourth-order valence-electron chi connectivity index (χ4n) is 4.76. The van der Waals surface area contributed by atoms with Gasteiger partial charge < -0.3 is 21.7 Å². The maximum absolute atomic E-state index is 13.7. The predicted octanol–water partition coefficient (Wildman–Crippen LogP) is 6.98. The maximum Gasteiger partial charge on any atom is 0.272 e. The van der Waals surface area contributed by atoms with E-state index in [-0.39, 0.29) is 17.2 Å². The van der Waals surface area contributed by atoms with E-state index in [0.717, 1.165) is 16.7 Å². The van der Waals surface area contributed by atoms with E-state index in [2.05, 4.69) is 16.0 Å². The Morgan fingerprint density at radius 1 is 0.723 bits per heavy atom. The van der Waals surface area contributed by atoms with Crippen LogP contribution in [0.3, 0.4) is 0 Å². The van der Waals surface area contributed by atoms with Crippen molar-refractivity contribution < 1.29 is 19.2 Å². The van der Waals surface area contributed by atoms with Gasteiger partial charge in [0.25, 0.3) is 17.7 Å². The summed E-state index contributed by atoms with van der Waals surface area (Å²) < 4.78 is 0. The molecular formula is C38H32N4O4S. The summed E-state index contributed by atoms with van der Waals surface area (Å²) in [5.74, 6) is -1.93. The lowest BCUT2D eigenvalue weighted by Crippen LogP contribution is -2.30. The van der Waals surface area contributed by atoms with E-state index in [4.69, 9.17) is 5.73 Å². The molecule has 0 heterocycles. The van der Waals surface area contributed by atoms with E-state index in [9.17, 15) is 19.2 Å². The van der Waals surface area contributed by atoms with Crippen molar-refractivity contribution in [1.29, 1.82) is 0 Å². The molecule has 47 heavy (non-hydrogen) atoms. The Labute approximate surface area is 277 Å². The second kappa shape index (κ2) is 15.4. The van der Waals surface area contributed by atoms with Gasteiger partial charge in [0.15, 0.2) is 0 Å². The first-order chi connectivity index (χ1) is 22.8. The molecular weight excluding hydrogens is 609 g/mol. The molecule has 0 aliphatic carbocycles. The van der Waals surface area contributed by atoms with Crippen molar-refractivity contribution in [3.8, 4) is 0 Å². The van der Waals surface area contributed by atoms with Crippen molar-refractivity contribution >= 4 is 52.8 Å². The minimum Gasteiger partial charge on any atom is -0.366 e. The maximum atomic E-state index is 13.7. The van der Waals surface area contributed by atoms with E-state index < -0.39 is 23.0 Å². The first-order valence-electron chi connectivity index (χ1n) is 14.7. The molecule has 1 atom stereocenters. The largest absolute Gasteiger partial charge is 0.366 e. The lowest BCUT2D eigenvalue weighted by atomic mass is 10.1. The third-order valence-electron chi connectivity index (χ3n) is 7.02. The second-order valence-electron chi connectivity index (χ2n) is 10.6. The molecule has 0 bridgehead atoms. The summed E-state index contributed by atoms with van der Waals surface area (Å²) >= 11 is 1.28. The fraction of sp³-hybridized carbons (Fsp3) is 0.0526. The number of benzene rings is 5. The number of nitrogens with two attached hydrogens (primary N) is 1. The van der Waals surface area contributed by atoms with Crippen LogP contribution in [0.5, 0.6) is 0 Å². The third kappa shape index (κ3) is 8.84. The number of carbonyl (C=O) groups excluding carboxylic acids is 4. The summed E-state index contributed by atoms with van der Waals surface area (Å²) in [5.41, 5.74) is 9.50. The molecule has 0 aliphatic rings. The molecule has 8 nitrogen and oxygen atoms in total. The minimum atomic E-state index is -0.704. The Morgan fingerprint density at radius 2 is 1.40 bits per heavy atom. The number of rotatable bonds is 11. The van der Waals surface area contributed by atoms with Gasteiger partial charge in [0.05, 0.1) is 11.3 Å². The standard InChI is InChI=1S/C38H32N4O4S/c1-25-12-10-13-26(22-25)23-33(42-36(44)28-16-6-3-7-17-28)37(45)40-29-18-11-19-30(24-29)47-34(27-14-4-2-5-15-27)38(46)41-32-21-9-8-20-31(32)35(39)43/h2-24,34H,1H3,(H2,39,43)(H,40,45)(H,41,46)(H,42,44)/b33-23+. The van der Waals surface area contributed by atoms with Gasteiger partial charge in [-0.05, 0) is 66.6 Å². The van der Waals surface area contributed by atoms with Crippen molar-refractivity contribution in [2.75, 3.05) is 10.6 Å². The van der Waals surface area contributed by atoms with Gasteiger partial charge in [-0.15, -0.1) is 11.8 Å². The van der Waals surface area contributed by atoms with Gasteiger partial charge in [-0.1, -0.05) is 96.6 Å². The molecule has 4 amide bonds. The highest BCUT2D eigenvalue weighted by Gasteiger charge is 2.24. The molecule has 234 valence electrons. The van der Waals surface area contributed by atoms with Crippen LogP contribution in [0.25, 0.3) is 6.08 Å². The average Bonchev–Trinajstić information content (AvgIpc) is 3.08. The number of hydrogen-bond donors (Lipinski definition) is 4. The van der Waals surface area contributed by atoms with Crippen LogP contribution in [0.15, 0.2) is 144 Å². The number of thioether (sulfide) groups is 1. The number of para-hydroxylation sites is 1. The van der Waals surface area contributed by atoms with Crippen molar-refractivity contribution in [2.24, 2.45) is 5.73 Å². The SMILES string of the molecule is Cc1cccc(/C=C(/NC(=O)c2ccccc2)C(=O)Nc2cccc(SC(C(=O)Nc3ccccc3C(N)=O)c3ccccc3)c2)c1. The van der Waals surface area contributed by atoms with Crippen LogP contribution in [0.1, 0.15) is 42.7 Å². The van der Waals surface area contributed by atoms with Crippen molar-refractivity contribution in [3.05, 3.63) is 167 Å². The van der Waals surface area contributed by atoms with Crippen molar-refractivity contribution in [2.45, 2.75) is 17.1 Å². The summed E-state index contributed by atoms with van der Waals surface area (Å²) in [6, 6.07) is 39.1. The molecule has 1 unspecified atom stereocenters. The highest BCUT2D eigenvalue weighted by atomic mass is 32.2. The van der Waals surface area contributed by atoms with Gasteiger partial charge in [-0.25, -0.2) is 0 Å². The Hall–Kier alpha value is -5.93. The van der Waals surface area contributed by atoms with Gasteiger partial charge in [-0.2, -0.15) is 0 Å². The number of primary amides is 1. The molecule has 0 fully saturated rings. The summed E-state index contributed by atoms with van der Waals surface area (Å²) in [6.07, 6.45) is 1.63. The van der Waals surface area contributed by atoms with Gasteiger partial charge in [0.1, 0.15) is 10.9 Å². The summed E-state index contributed by atoms with van der Waals surface area (Å²) in [7, 11) is 0. The van der Waals surface area contributed by atoms with Crippen LogP contribution < -0.4 is 21.7 Å². The van der Waals surface area contributed by atoms with Crippen molar-refractivity contribution in [3.63, 3.8) is 0 Å². The number of nitrogens with one attached hydrogen (secondary N) is 3. The zero-order chi connectivity index (χ0) is 33.2. The first-order valence-corrected chi connectivity index (χ1v) is 15.6. The average molecular weight is 641 g/mol. The smallest absolute Gasteiger partial charge is 0.272 e. The van der Waals surface area contributed by atoms with E-state index >= 15 is 0 Å². The zero-order valence-electron chi connectivity index (χ0n) is 25.5. The quantitative estimate of drug-likeness (QED) is 0.0915. The van der Waals surface area contributed by atoms with Gasteiger partial charge in [-0.3, -0.25) is 19.2 Å². The van der Waals surface area contributed by atoms with Gasteiger partial charge in [0, 0.05) is 16.1 Å². The van der Waals surface area contributed by atoms with Crippen LogP contribution in [-0.2, 0) is 9.59 Å². The third-order valence-corrected chi connectivity index (χ3v) is 8.27. The summed E-state index contributed by atoms with van der Waals surface area (Å²) in [6.45, 7) is 1.95. The molecule has 5 aromatic carbocycles. The fourth-order valence-corrected chi connectivity index (χ4v) is 5.84. The molecule has 9 heteroatoms. The Bertz CT molecular complexity index is 1940. The second-order valence-corrected chi connectivity index (χ2v) is 11.8. The van der Waals surface area contributed by atoms with E-state index in [1.807, 2.05) is 73.7 Å². The molecule has 5 N–H and O–H groups in total. The normalized spacial score (nSPS) is 11.6. The molecule has 5 rings (SSSR count). The van der Waals surface area contributed by atoms with Crippen LogP contribution >= 0.6 is 11.8 Å². The Morgan fingerprint density at radius 3 is 2.13 bits per heavy atom. The van der Waals surface area contributed by atoms with Gasteiger partial charge >= 0.3 is 0 Å². The number of hydrogen-bond acceptors (Lipinski definition) is 5. The molecule has 0 spiro atoms. The predicted molar refractivity (Wildman–Crippen MR) is 187 cm³/mol. The van der Waals surface area contributed by atoms with E-state index in [0.29, 0.717) is 21.8 Å². The first kappa shape index (κ1) is 32.5.